The van der Waals surface area contributed by atoms with Crippen molar-refractivity contribution in [2.45, 2.75) is 26.8 Å². The number of benzene rings is 1. The number of hydrogen-bond donors (Lipinski definition) is 1. The molecule has 1 aromatic carbocycles. The van der Waals surface area contributed by atoms with Crippen LogP contribution < -0.4 is 5.32 Å². The Morgan fingerprint density at radius 3 is 2.74 bits per heavy atom. The predicted molar refractivity (Wildman–Crippen MR) is 83.8 cm³/mol. The first-order valence-corrected chi connectivity index (χ1v) is 7.41. The van der Waals surface area contributed by atoms with Gasteiger partial charge in [-0.25, -0.2) is 0 Å². The van der Waals surface area contributed by atoms with Crippen molar-refractivity contribution >= 4 is 33.2 Å². The molecular weight excluding hydrogens is 326 g/mol. The summed E-state index contributed by atoms with van der Waals surface area (Å²) < 4.78 is 2.98. The molecule has 0 aliphatic heterocycles. The van der Waals surface area contributed by atoms with Crippen LogP contribution in [0.4, 0.5) is 5.69 Å². The number of aromatic nitrogens is 2. The summed E-state index contributed by atoms with van der Waals surface area (Å²) in [7, 11) is 1.96. The van der Waals surface area contributed by atoms with Crippen molar-refractivity contribution in [3.05, 3.63) is 44.6 Å². The monoisotopic (exact) mass is 341 g/mol. The summed E-state index contributed by atoms with van der Waals surface area (Å²) in [6, 6.07) is 5.90. The van der Waals surface area contributed by atoms with Gasteiger partial charge in [0.1, 0.15) is 0 Å². The third-order valence-corrected chi connectivity index (χ3v) is 4.39. The lowest BCUT2D eigenvalue weighted by Gasteiger charge is -2.11. The first-order chi connectivity index (χ1) is 9.04. The van der Waals surface area contributed by atoms with E-state index < -0.39 is 0 Å². The molecule has 102 valence electrons. The van der Waals surface area contributed by atoms with E-state index in [-0.39, 0.29) is 0 Å². The van der Waals surface area contributed by atoms with Gasteiger partial charge in [-0.3, -0.25) is 4.68 Å². The van der Waals surface area contributed by atoms with Crippen LogP contribution in [-0.2, 0) is 20.0 Å². The van der Waals surface area contributed by atoms with Crippen molar-refractivity contribution in [3.8, 4) is 0 Å². The smallest absolute Gasteiger partial charge is 0.0767 e. The van der Waals surface area contributed by atoms with Crippen LogP contribution in [-0.4, -0.2) is 9.78 Å². The van der Waals surface area contributed by atoms with Crippen LogP contribution in [0.2, 0.25) is 5.02 Å². The Morgan fingerprint density at radius 1 is 1.42 bits per heavy atom. The lowest BCUT2D eigenvalue weighted by molar-refractivity contribution is 0.706. The third kappa shape index (κ3) is 2.95. The SMILES string of the molecule is CCc1nn(C)c(CNc2c(C)cccc2Cl)c1Br. The molecule has 0 saturated heterocycles. The molecule has 1 aromatic heterocycles. The first-order valence-electron chi connectivity index (χ1n) is 6.23. The average Bonchev–Trinajstić information content (AvgIpc) is 2.65. The topological polar surface area (TPSA) is 29.9 Å². The number of nitrogens with one attached hydrogen (secondary N) is 1. The Morgan fingerprint density at radius 2 is 2.16 bits per heavy atom. The Labute approximate surface area is 127 Å². The van der Waals surface area contributed by atoms with E-state index in [0.717, 1.165) is 38.6 Å². The zero-order valence-corrected chi connectivity index (χ0v) is 13.6. The van der Waals surface area contributed by atoms with Gasteiger partial charge in [-0.05, 0) is 40.9 Å². The van der Waals surface area contributed by atoms with Crippen LogP contribution in [0.5, 0.6) is 0 Å². The number of hydrogen-bond acceptors (Lipinski definition) is 2. The van der Waals surface area contributed by atoms with Gasteiger partial charge < -0.3 is 5.32 Å². The highest BCUT2D eigenvalue weighted by molar-refractivity contribution is 9.10. The van der Waals surface area contributed by atoms with Crippen molar-refractivity contribution in [1.29, 1.82) is 0 Å². The van der Waals surface area contributed by atoms with E-state index in [4.69, 9.17) is 11.6 Å². The quantitative estimate of drug-likeness (QED) is 0.897. The van der Waals surface area contributed by atoms with Crippen molar-refractivity contribution in [3.63, 3.8) is 0 Å². The summed E-state index contributed by atoms with van der Waals surface area (Å²) in [6.07, 6.45) is 0.916. The highest BCUT2D eigenvalue weighted by Gasteiger charge is 2.13. The lowest BCUT2D eigenvalue weighted by atomic mass is 10.2. The van der Waals surface area contributed by atoms with E-state index >= 15 is 0 Å². The first kappa shape index (κ1) is 14.4. The Kier molecular flexibility index (Phi) is 4.53. The molecule has 3 nitrogen and oxygen atoms in total. The summed E-state index contributed by atoms with van der Waals surface area (Å²) in [4.78, 5) is 0. The van der Waals surface area contributed by atoms with Gasteiger partial charge in [0.2, 0.25) is 0 Å². The molecule has 0 amide bonds. The van der Waals surface area contributed by atoms with Crippen LogP contribution in [0.1, 0.15) is 23.9 Å². The van der Waals surface area contributed by atoms with E-state index in [1.165, 1.54) is 0 Å². The maximum Gasteiger partial charge on any atom is 0.0767 e. The normalized spacial score (nSPS) is 10.8. The second kappa shape index (κ2) is 5.97. The molecule has 0 atom stereocenters. The molecule has 1 N–H and O–H groups in total. The van der Waals surface area contributed by atoms with Crippen molar-refractivity contribution < 1.29 is 0 Å². The Hall–Kier alpha value is -1.000. The van der Waals surface area contributed by atoms with E-state index in [1.807, 2.05) is 36.9 Å². The van der Waals surface area contributed by atoms with Crippen LogP contribution in [0.15, 0.2) is 22.7 Å². The van der Waals surface area contributed by atoms with Crippen molar-refractivity contribution in [2.75, 3.05) is 5.32 Å². The molecule has 2 rings (SSSR count). The van der Waals surface area contributed by atoms with Gasteiger partial charge in [0, 0.05) is 7.05 Å². The molecule has 5 heteroatoms. The average molecular weight is 343 g/mol. The number of para-hydroxylation sites is 1. The minimum atomic E-state index is 0.689. The summed E-state index contributed by atoms with van der Waals surface area (Å²) >= 11 is 9.83. The number of rotatable bonds is 4. The molecule has 2 aromatic rings. The Bertz CT molecular complexity index is 572. The van der Waals surface area contributed by atoms with Crippen LogP contribution >= 0.6 is 27.5 Å². The molecule has 0 aliphatic rings. The number of halogens is 2. The summed E-state index contributed by atoms with van der Waals surface area (Å²) in [5.74, 6) is 0. The minimum Gasteiger partial charge on any atom is -0.378 e. The number of aryl methyl sites for hydroxylation is 3. The fourth-order valence-electron chi connectivity index (χ4n) is 2.04. The maximum absolute atomic E-state index is 6.21. The fourth-order valence-corrected chi connectivity index (χ4v) is 3.08. The summed E-state index contributed by atoms with van der Waals surface area (Å²) in [5, 5.41) is 8.62. The van der Waals surface area contributed by atoms with Crippen LogP contribution in [0, 0.1) is 6.92 Å². The lowest BCUT2D eigenvalue weighted by Crippen LogP contribution is -2.07. The summed E-state index contributed by atoms with van der Waals surface area (Å²) in [6.45, 7) is 4.83. The zero-order valence-electron chi connectivity index (χ0n) is 11.3. The van der Waals surface area contributed by atoms with E-state index in [1.54, 1.807) is 0 Å². The molecule has 0 bridgehead atoms. The molecule has 1 heterocycles. The van der Waals surface area contributed by atoms with E-state index in [0.29, 0.717) is 6.54 Å². The van der Waals surface area contributed by atoms with Crippen molar-refractivity contribution in [1.82, 2.24) is 9.78 Å². The molecule has 0 unspecified atom stereocenters. The second-order valence-electron chi connectivity index (χ2n) is 4.47. The fraction of sp³-hybridized carbons (Fsp3) is 0.357. The standard InChI is InChI=1S/C14H17BrClN3/c1-4-11-13(15)12(19(3)18-11)8-17-14-9(2)6-5-7-10(14)16/h5-7,17H,4,8H2,1-3H3. The predicted octanol–water partition coefficient (Wildman–Crippen LogP) is 4.32. The minimum absolute atomic E-state index is 0.689. The highest BCUT2D eigenvalue weighted by Crippen LogP contribution is 2.27. The van der Waals surface area contributed by atoms with E-state index in [9.17, 15) is 0 Å². The zero-order chi connectivity index (χ0) is 14.0. The molecule has 0 radical (unpaired) electrons. The van der Waals surface area contributed by atoms with Crippen LogP contribution in [0.3, 0.4) is 0 Å². The molecule has 0 spiro atoms. The van der Waals surface area contributed by atoms with Crippen LogP contribution in [0.25, 0.3) is 0 Å². The van der Waals surface area contributed by atoms with Gasteiger partial charge in [0.05, 0.1) is 33.1 Å². The van der Waals surface area contributed by atoms with Gasteiger partial charge in [-0.15, -0.1) is 0 Å². The third-order valence-electron chi connectivity index (χ3n) is 3.16. The van der Waals surface area contributed by atoms with Gasteiger partial charge in [0.25, 0.3) is 0 Å². The molecule has 0 fully saturated rings. The van der Waals surface area contributed by atoms with E-state index in [2.05, 4.69) is 33.3 Å². The summed E-state index contributed by atoms with van der Waals surface area (Å²) in [5.41, 5.74) is 4.32. The second-order valence-corrected chi connectivity index (χ2v) is 5.67. The molecular formula is C14H17BrClN3. The highest BCUT2D eigenvalue weighted by atomic mass is 79.9. The largest absolute Gasteiger partial charge is 0.378 e. The van der Waals surface area contributed by atoms with Crippen molar-refractivity contribution in [2.24, 2.45) is 7.05 Å². The van der Waals surface area contributed by atoms with Gasteiger partial charge in [0.15, 0.2) is 0 Å². The number of nitrogens with zero attached hydrogens (tertiary/aromatic N) is 2. The van der Waals surface area contributed by atoms with Gasteiger partial charge in [-0.2, -0.15) is 5.10 Å². The van der Waals surface area contributed by atoms with Gasteiger partial charge >= 0.3 is 0 Å². The number of anilines is 1. The molecule has 0 aliphatic carbocycles. The molecule has 0 saturated carbocycles. The molecule has 19 heavy (non-hydrogen) atoms. The Balaban J connectivity index is 2.22. The maximum atomic E-state index is 6.21. The van der Waals surface area contributed by atoms with Gasteiger partial charge in [-0.1, -0.05) is 30.7 Å².